The molecular weight excluding hydrogens is 264 g/mol. The zero-order valence-corrected chi connectivity index (χ0v) is 12.9. The van der Waals surface area contributed by atoms with Crippen molar-refractivity contribution in [2.24, 2.45) is 0 Å². The number of carbonyl (C=O) groups is 1. The number of hydrogen-bond donors (Lipinski definition) is 1. The molecule has 0 spiro atoms. The number of nitrogens with zero attached hydrogens (tertiary/aromatic N) is 1. The Kier molecular flexibility index (Phi) is 6.54. The normalized spacial score (nSPS) is 15.0. The zero-order valence-electron chi connectivity index (χ0n) is 12.9. The maximum Gasteiger partial charge on any atom is 0.223 e. The summed E-state index contributed by atoms with van der Waals surface area (Å²) < 4.78 is 5.21. The van der Waals surface area contributed by atoms with Crippen LogP contribution in [0.15, 0.2) is 24.3 Å². The lowest BCUT2D eigenvalue weighted by atomic mass is 10.1. The summed E-state index contributed by atoms with van der Waals surface area (Å²) in [5.41, 5.74) is 1.25. The lowest BCUT2D eigenvalue weighted by Gasteiger charge is -2.26. The number of carbonyl (C=O) groups excluding carboxylic acids is 1. The molecule has 4 heteroatoms. The van der Waals surface area contributed by atoms with E-state index in [-0.39, 0.29) is 0 Å². The van der Waals surface area contributed by atoms with E-state index in [9.17, 15) is 4.79 Å². The van der Waals surface area contributed by atoms with E-state index >= 15 is 0 Å². The van der Waals surface area contributed by atoms with Crippen LogP contribution in [0.4, 0.5) is 0 Å². The van der Waals surface area contributed by atoms with Crippen molar-refractivity contribution in [2.45, 2.75) is 32.1 Å². The third-order valence-electron chi connectivity index (χ3n) is 3.95. The van der Waals surface area contributed by atoms with Crippen molar-refractivity contribution in [3.63, 3.8) is 0 Å². The minimum Gasteiger partial charge on any atom is -0.497 e. The van der Waals surface area contributed by atoms with E-state index in [0.29, 0.717) is 12.3 Å². The monoisotopic (exact) mass is 290 g/mol. The Balaban J connectivity index is 1.60. The quantitative estimate of drug-likeness (QED) is 0.783. The van der Waals surface area contributed by atoms with Crippen LogP contribution in [0.3, 0.4) is 0 Å². The molecule has 2 rings (SSSR count). The van der Waals surface area contributed by atoms with Gasteiger partial charge in [-0.25, -0.2) is 0 Å². The second-order valence-corrected chi connectivity index (χ2v) is 5.54. The van der Waals surface area contributed by atoms with Crippen LogP contribution in [0.1, 0.15) is 31.2 Å². The molecular formula is C17H26N2O2. The number of piperidine rings is 1. The smallest absolute Gasteiger partial charge is 0.223 e. The molecule has 116 valence electrons. The van der Waals surface area contributed by atoms with Gasteiger partial charge in [-0.05, 0) is 49.9 Å². The van der Waals surface area contributed by atoms with Gasteiger partial charge in [0.15, 0.2) is 0 Å². The van der Waals surface area contributed by atoms with Gasteiger partial charge in [0, 0.05) is 26.1 Å². The van der Waals surface area contributed by atoms with E-state index in [1.165, 1.54) is 12.0 Å². The Labute approximate surface area is 127 Å². The minimum absolute atomic E-state index is 0.295. The summed E-state index contributed by atoms with van der Waals surface area (Å²) in [5, 5.41) is 3.35. The Morgan fingerprint density at radius 1 is 1.24 bits per heavy atom. The van der Waals surface area contributed by atoms with Gasteiger partial charge in [0.2, 0.25) is 5.91 Å². The molecule has 1 heterocycles. The molecule has 0 aliphatic carbocycles. The molecule has 0 aromatic heterocycles. The molecule has 0 bridgehead atoms. The van der Waals surface area contributed by atoms with Gasteiger partial charge in [0.05, 0.1) is 7.11 Å². The highest BCUT2D eigenvalue weighted by molar-refractivity contribution is 5.76. The summed E-state index contributed by atoms with van der Waals surface area (Å²) in [6.45, 7) is 3.55. The first-order valence-electron chi connectivity index (χ1n) is 7.91. The summed E-state index contributed by atoms with van der Waals surface area (Å²) in [7, 11) is 1.68. The molecule has 1 N–H and O–H groups in total. The minimum atomic E-state index is 0.295. The molecule has 1 amide bonds. The number of nitrogens with one attached hydrogen (secondary N) is 1. The highest BCUT2D eigenvalue weighted by Gasteiger charge is 2.15. The fourth-order valence-corrected chi connectivity index (χ4v) is 2.68. The number of rotatable bonds is 7. The molecule has 0 saturated carbocycles. The van der Waals surface area contributed by atoms with Crippen molar-refractivity contribution in [2.75, 3.05) is 33.3 Å². The van der Waals surface area contributed by atoms with E-state index in [1.54, 1.807) is 7.11 Å². The summed E-state index contributed by atoms with van der Waals surface area (Å²) in [5.74, 6) is 1.19. The molecule has 1 fully saturated rings. The topological polar surface area (TPSA) is 41.6 Å². The van der Waals surface area contributed by atoms with Crippen molar-refractivity contribution in [1.82, 2.24) is 10.2 Å². The Morgan fingerprint density at radius 3 is 2.81 bits per heavy atom. The van der Waals surface area contributed by atoms with Crippen molar-refractivity contribution in [1.29, 1.82) is 0 Å². The second kappa shape index (κ2) is 8.67. The Hall–Kier alpha value is -1.55. The fourth-order valence-electron chi connectivity index (χ4n) is 2.68. The lowest BCUT2D eigenvalue weighted by Crippen LogP contribution is -2.37. The van der Waals surface area contributed by atoms with Crippen LogP contribution in [-0.4, -0.2) is 44.1 Å². The van der Waals surface area contributed by atoms with Crippen LogP contribution in [0.5, 0.6) is 5.75 Å². The van der Waals surface area contributed by atoms with Gasteiger partial charge in [-0.15, -0.1) is 0 Å². The molecule has 1 aliphatic rings. The number of hydrogen-bond acceptors (Lipinski definition) is 3. The number of amides is 1. The molecule has 21 heavy (non-hydrogen) atoms. The second-order valence-electron chi connectivity index (χ2n) is 5.54. The molecule has 0 atom stereocenters. The van der Waals surface area contributed by atoms with Crippen LogP contribution < -0.4 is 10.1 Å². The third kappa shape index (κ3) is 5.38. The summed E-state index contributed by atoms with van der Waals surface area (Å²) in [6.07, 6.45) is 5.15. The molecule has 4 nitrogen and oxygen atoms in total. The first-order valence-corrected chi connectivity index (χ1v) is 7.91. The van der Waals surface area contributed by atoms with Gasteiger partial charge in [-0.2, -0.15) is 0 Å². The average Bonchev–Trinajstić information content (AvgIpc) is 2.55. The van der Waals surface area contributed by atoms with Crippen LogP contribution in [-0.2, 0) is 11.2 Å². The van der Waals surface area contributed by atoms with Crippen LogP contribution in [0, 0.1) is 0 Å². The Bertz CT molecular complexity index is 442. The number of benzene rings is 1. The van der Waals surface area contributed by atoms with Crippen molar-refractivity contribution in [3.05, 3.63) is 29.8 Å². The van der Waals surface area contributed by atoms with E-state index in [4.69, 9.17) is 4.74 Å². The molecule has 1 aromatic carbocycles. The third-order valence-corrected chi connectivity index (χ3v) is 3.95. The highest BCUT2D eigenvalue weighted by Crippen LogP contribution is 2.12. The van der Waals surface area contributed by atoms with Crippen LogP contribution in [0.25, 0.3) is 0 Å². The molecule has 1 saturated heterocycles. The van der Waals surface area contributed by atoms with Crippen molar-refractivity contribution in [3.8, 4) is 5.75 Å². The zero-order chi connectivity index (χ0) is 14.9. The van der Waals surface area contributed by atoms with Gasteiger partial charge in [-0.1, -0.05) is 12.1 Å². The Morgan fingerprint density at radius 2 is 2.05 bits per heavy atom. The van der Waals surface area contributed by atoms with Crippen LogP contribution >= 0.6 is 0 Å². The summed E-state index contributed by atoms with van der Waals surface area (Å²) >= 11 is 0. The molecule has 1 aromatic rings. The van der Waals surface area contributed by atoms with E-state index in [2.05, 4.69) is 17.4 Å². The standard InChI is InChI=1S/C17H26N2O2/c1-21-16-7-5-6-15(14-16)8-10-18-11-9-17(20)19-12-3-2-4-13-19/h5-7,14,18H,2-4,8-13H2,1H3. The van der Waals surface area contributed by atoms with E-state index in [1.807, 2.05) is 17.0 Å². The van der Waals surface area contributed by atoms with Gasteiger partial charge < -0.3 is 15.0 Å². The summed E-state index contributed by atoms with van der Waals surface area (Å²) in [4.78, 5) is 14.0. The fraction of sp³-hybridized carbons (Fsp3) is 0.588. The molecule has 0 unspecified atom stereocenters. The average molecular weight is 290 g/mol. The molecule has 1 aliphatic heterocycles. The first-order chi connectivity index (χ1) is 10.3. The van der Waals surface area contributed by atoms with Crippen LogP contribution in [0.2, 0.25) is 0 Å². The molecule has 0 radical (unpaired) electrons. The SMILES string of the molecule is COc1cccc(CCNCCC(=O)N2CCCCC2)c1. The maximum absolute atomic E-state index is 12.0. The number of methoxy groups -OCH3 is 1. The number of likely N-dealkylation sites (tertiary alicyclic amines) is 1. The number of ether oxygens (including phenoxy) is 1. The highest BCUT2D eigenvalue weighted by atomic mass is 16.5. The first kappa shape index (κ1) is 15.8. The van der Waals surface area contributed by atoms with Gasteiger partial charge >= 0.3 is 0 Å². The van der Waals surface area contributed by atoms with Gasteiger partial charge in [0.1, 0.15) is 5.75 Å². The van der Waals surface area contributed by atoms with Gasteiger partial charge in [-0.3, -0.25) is 4.79 Å². The largest absolute Gasteiger partial charge is 0.497 e. The predicted octanol–water partition coefficient (Wildman–Crippen LogP) is 2.23. The maximum atomic E-state index is 12.0. The van der Waals surface area contributed by atoms with Gasteiger partial charge in [0.25, 0.3) is 0 Å². The summed E-state index contributed by atoms with van der Waals surface area (Å²) in [6, 6.07) is 8.12. The van der Waals surface area contributed by atoms with E-state index < -0.39 is 0 Å². The predicted molar refractivity (Wildman–Crippen MR) is 84.6 cm³/mol. The van der Waals surface area contributed by atoms with E-state index in [0.717, 1.165) is 51.2 Å². The van der Waals surface area contributed by atoms with Crippen molar-refractivity contribution < 1.29 is 9.53 Å². The lowest BCUT2D eigenvalue weighted by molar-refractivity contribution is -0.131. The van der Waals surface area contributed by atoms with Crippen molar-refractivity contribution >= 4 is 5.91 Å².